The van der Waals surface area contributed by atoms with Crippen molar-refractivity contribution in [3.8, 4) is 11.3 Å². The second kappa shape index (κ2) is 9.22. The predicted molar refractivity (Wildman–Crippen MR) is 111 cm³/mol. The molecule has 0 spiro atoms. The fraction of sp³-hybridized carbons (Fsp3) is 0.381. The Kier molecular flexibility index (Phi) is 6.69. The molecule has 3 rings (SSSR count). The van der Waals surface area contributed by atoms with Gasteiger partial charge in [-0.15, -0.1) is 0 Å². The van der Waals surface area contributed by atoms with Crippen LogP contribution in [0.5, 0.6) is 0 Å². The first-order valence-corrected chi connectivity index (χ1v) is 10.00. The van der Waals surface area contributed by atoms with Crippen molar-refractivity contribution in [2.24, 2.45) is 0 Å². The summed E-state index contributed by atoms with van der Waals surface area (Å²) >= 11 is 6.30. The van der Waals surface area contributed by atoms with E-state index in [2.05, 4.69) is 10.3 Å². The van der Waals surface area contributed by atoms with Crippen molar-refractivity contribution >= 4 is 29.2 Å². The number of nitrogens with zero attached hydrogens (tertiary/aromatic N) is 3. The van der Waals surface area contributed by atoms with E-state index in [1.165, 1.54) is 18.3 Å². The van der Waals surface area contributed by atoms with Gasteiger partial charge in [-0.25, -0.2) is 9.18 Å². The molecular weight excluding hydrogens is 395 g/mol. The molecular formula is C21H24ClFN4O2. The number of benzene rings is 1. The molecule has 0 bridgehead atoms. The number of hydrogen-bond donors (Lipinski definition) is 1. The van der Waals surface area contributed by atoms with E-state index in [1.807, 2.05) is 11.8 Å². The fourth-order valence-electron chi connectivity index (χ4n) is 3.46. The van der Waals surface area contributed by atoms with Crippen molar-refractivity contribution in [1.29, 1.82) is 0 Å². The van der Waals surface area contributed by atoms with Crippen LogP contribution in [0.2, 0.25) is 5.02 Å². The van der Waals surface area contributed by atoms with Gasteiger partial charge >= 0.3 is 6.03 Å². The Morgan fingerprint density at radius 3 is 2.66 bits per heavy atom. The molecule has 1 fully saturated rings. The zero-order chi connectivity index (χ0) is 21.0. The SMILES string of the molecule is CCC(=O)N1CCC(N(C)C(=O)Nc2cnc(-c3cccc(F)c3)c(Cl)c2)CC1. The number of nitrogens with one attached hydrogen (secondary N) is 1. The first-order valence-electron chi connectivity index (χ1n) is 9.62. The number of rotatable bonds is 4. The second-order valence-electron chi connectivity index (χ2n) is 7.07. The lowest BCUT2D eigenvalue weighted by molar-refractivity contribution is -0.132. The highest BCUT2D eigenvalue weighted by molar-refractivity contribution is 6.33. The molecule has 3 amide bonds. The van der Waals surface area contributed by atoms with Crippen molar-refractivity contribution in [2.75, 3.05) is 25.5 Å². The maximum absolute atomic E-state index is 13.4. The van der Waals surface area contributed by atoms with Crippen molar-refractivity contribution in [1.82, 2.24) is 14.8 Å². The molecule has 1 aromatic carbocycles. The van der Waals surface area contributed by atoms with Crippen molar-refractivity contribution in [3.63, 3.8) is 0 Å². The van der Waals surface area contributed by atoms with Crippen LogP contribution >= 0.6 is 11.6 Å². The number of carbonyl (C=O) groups is 2. The summed E-state index contributed by atoms with van der Waals surface area (Å²) in [7, 11) is 1.74. The van der Waals surface area contributed by atoms with Gasteiger partial charge in [0, 0.05) is 38.2 Å². The number of likely N-dealkylation sites (tertiary alicyclic amines) is 1. The fourth-order valence-corrected chi connectivity index (χ4v) is 3.73. The minimum absolute atomic E-state index is 0.0610. The van der Waals surface area contributed by atoms with Crippen LogP contribution in [0.3, 0.4) is 0 Å². The molecule has 8 heteroatoms. The molecule has 0 radical (unpaired) electrons. The number of hydrogen-bond acceptors (Lipinski definition) is 3. The van der Waals surface area contributed by atoms with Crippen molar-refractivity contribution in [2.45, 2.75) is 32.2 Å². The van der Waals surface area contributed by atoms with Gasteiger partial charge in [0.25, 0.3) is 0 Å². The van der Waals surface area contributed by atoms with Crippen LogP contribution in [-0.4, -0.2) is 52.9 Å². The van der Waals surface area contributed by atoms with E-state index in [4.69, 9.17) is 11.6 Å². The van der Waals surface area contributed by atoms with Crippen molar-refractivity contribution < 1.29 is 14.0 Å². The summed E-state index contributed by atoms with van der Waals surface area (Å²) in [6.45, 7) is 3.17. The lowest BCUT2D eigenvalue weighted by Crippen LogP contribution is -2.48. The third-order valence-corrected chi connectivity index (χ3v) is 5.47. The van der Waals surface area contributed by atoms with E-state index < -0.39 is 0 Å². The standard InChI is InChI=1S/C21H24ClFN4O2/c1-3-19(28)27-9-7-17(8-10-27)26(2)21(29)25-16-12-18(22)20(24-13-16)14-5-4-6-15(23)11-14/h4-6,11-13,17H,3,7-10H2,1-2H3,(H,25,29). The number of anilines is 1. The van der Waals surface area contributed by atoms with Gasteiger partial charge in [-0.1, -0.05) is 30.7 Å². The van der Waals surface area contributed by atoms with Crippen LogP contribution in [0.1, 0.15) is 26.2 Å². The quantitative estimate of drug-likeness (QED) is 0.800. The van der Waals surface area contributed by atoms with Crippen molar-refractivity contribution in [3.05, 3.63) is 47.4 Å². The van der Waals surface area contributed by atoms with E-state index in [-0.39, 0.29) is 23.8 Å². The molecule has 1 aliphatic heterocycles. The van der Waals surface area contributed by atoms with Gasteiger partial charge in [0.1, 0.15) is 5.82 Å². The Morgan fingerprint density at radius 2 is 2.03 bits per heavy atom. The largest absolute Gasteiger partial charge is 0.343 e. The summed E-state index contributed by atoms with van der Waals surface area (Å²) in [5.74, 6) is -0.222. The second-order valence-corrected chi connectivity index (χ2v) is 7.48. The minimum Gasteiger partial charge on any atom is -0.343 e. The predicted octanol–water partition coefficient (Wildman–Crippen LogP) is 4.41. The van der Waals surface area contributed by atoms with Gasteiger partial charge in [0.15, 0.2) is 0 Å². The number of urea groups is 1. The van der Waals surface area contributed by atoms with Gasteiger partial charge in [-0.2, -0.15) is 0 Å². The van der Waals surface area contributed by atoms with Crippen LogP contribution in [-0.2, 0) is 4.79 Å². The Bertz CT molecular complexity index is 900. The molecule has 0 unspecified atom stereocenters. The summed E-state index contributed by atoms with van der Waals surface area (Å²) in [5, 5.41) is 3.12. The van der Waals surface area contributed by atoms with E-state index in [1.54, 1.807) is 30.1 Å². The molecule has 2 heterocycles. The molecule has 1 aliphatic rings. The highest BCUT2D eigenvalue weighted by atomic mass is 35.5. The molecule has 6 nitrogen and oxygen atoms in total. The zero-order valence-corrected chi connectivity index (χ0v) is 17.2. The smallest absolute Gasteiger partial charge is 0.321 e. The van der Waals surface area contributed by atoms with E-state index in [0.29, 0.717) is 41.5 Å². The number of amides is 3. The number of aromatic nitrogens is 1. The summed E-state index contributed by atoms with van der Waals surface area (Å²) in [4.78, 5) is 32.2. The third kappa shape index (κ3) is 5.03. The molecule has 1 saturated heterocycles. The monoisotopic (exact) mass is 418 g/mol. The number of carbonyl (C=O) groups excluding carboxylic acids is 2. The Balaban J connectivity index is 1.62. The third-order valence-electron chi connectivity index (χ3n) is 5.18. The maximum Gasteiger partial charge on any atom is 0.321 e. The van der Waals surface area contributed by atoms with Crippen LogP contribution < -0.4 is 5.32 Å². The first-order chi connectivity index (χ1) is 13.9. The van der Waals surface area contributed by atoms with Gasteiger partial charge in [0.05, 0.1) is 22.6 Å². The Morgan fingerprint density at radius 1 is 1.31 bits per heavy atom. The topological polar surface area (TPSA) is 65.5 Å². The summed E-state index contributed by atoms with van der Waals surface area (Å²) in [5.41, 5.74) is 1.48. The van der Waals surface area contributed by atoms with Gasteiger partial charge in [-0.3, -0.25) is 9.78 Å². The average Bonchev–Trinajstić information content (AvgIpc) is 2.72. The number of halogens is 2. The molecule has 0 atom stereocenters. The normalized spacial score (nSPS) is 14.6. The lowest BCUT2D eigenvalue weighted by Gasteiger charge is -2.36. The Labute approximate surface area is 174 Å². The summed E-state index contributed by atoms with van der Waals surface area (Å²) in [6, 6.07) is 7.42. The highest BCUT2D eigenvalue weighted by Crippen LogP contribution is 2.28. The number of piperidine rings is 1. The molecule has 1 N–H and O–H groups in total. The minimum atomic E-state index is -0.369. The van der Waals surface area contributed by atoms with E-state index in [9.17, 15) is 14.0 Å². The zero-order valence-electron chi connectivity index (χ0n) is 16.5. The number of pyridine rings is 1. The molecule has 29 heavy (non-hydrogen) atoms. The van der Waals surface area contributed by atoms with Gasteiger partial charge < -0.3 is 15.1 Å². The maximum atomic E-state index is 13.4. The molecule has 2 aromatic rings. The molecule has 0 saturated carbocycles. The van der Waals surface area contributed by atoms with E-state index >= 15 is 0 Å². The van der Waals surface area contributed by atoms with Crippen LogP contribution in [0.25, 0.3) is 11.3 Å². The summed E-state index contributed by atoms with van der Waals surface area (Å²) in [6.07, 6.45) is 3.49. The average molecular weight is 419 g/mol. The van der Waals surface area contributed by atoms with Crippen LogP contribution in [0.15, 0.2) is 36.5 Å². The Hall–Kier alpha value is -2.67. The summed E-state index contributed by atoms with van der Waals surface area (Å²) < 4.78 is 13.4. The molecule has 154 valence electrons. The van der Waals surface area contributed by atoms with Crippen LogP contribution in [0, 0.1) is 5.82 Å². The van der Waals surface area contributed by atoms with Gasteiger partial charge in [0.2, 0.25) is 5.91 Å². The lowest BCUT2D eigenvalue weighted by atomic mass is 10.0. The van der Waals surface area contributed by atoms with E-state index in [0.717, 1.165) is 12.8 Å². The van der Waals surface area contributed by atoms with Gasteiger partial charge in [-0.05, 0) is 31.0 Å². The molecule has 1 aromatic heterocycles. The highest BCUT2D eigenvalue weighted by Gasteiger charge is 2.27. The molecule has 0 aliphatic carbocycles. The van der Waals surface area contributed by atoms with Crippen LogP contribution in [0.4, 0.5) is 14.9 Å². The first kappa shape index (κ1) is 21.0.